The lowest BCUT2D eigenvalue weighted by molar-refractivity contribution is -0.141. The summed E-state index contributed by atoms with van der Waals surface area (Å²) in [5.74, 6) is -0.921. The maximum Gasteiger partial charge on any atom is 0.434 e. The Morgan fingerprint density at radius 2 is 2.05 bits per heavy atom. The van der Waals surface area contributed by atoms with E-state index < -0.39 is 23.3 Å². The summed E-state index contributed by atoms with van der Waals surface area (Å²) in [4.78, 5) is 14.9. The van der Waals surface area contributed by atoms with Gasteiger partial charge < -0.3 is 4.42 Å². The van der Waals surface area contributed by atoms with Crippen molar-refractivity contribution in [3.63, 3.8) is 0 Å². The summed E-state index contributed by atoms with van der Waals surface area (Å²) < 4.78 is 43.2. The van der Waals surface area contributed by atoms with Gasteiger partial charge in [0.2, 0.25) is 5.89 Å². The molecule has 0 saturated carbocycles. The molecule has 0 aromatic carbocycles. The average molecular weight is 307 g/mol. The van der Waals surface area contributed by atoms with E-state index in [9.17, 15) is 18.0 Å². The number of aromatic nitrogens is 3. The molecule has 0 saturated heterocycles. The molecule has 2 aromatic heterocycles. The van der Waals surface area contributed by atoms with Gasteiger partial charge in [0.25, 0.3) is 5.91 Å². The largest absolute Gasteiger partial charge is 0.434 e. The summed E-state index contributed by atoms with van der Waals surface area (Å²) in [6.45, 7) is 1.47. The Kier molecular flexibility index (Phi) is 3.62. The van der Waals surface area contributed by atoms with Crippen LogP contribution in [0.1, 0.15) is 21.9 Å². The minimum atomic E-state index is -4.82. The number of alkyl halides is 3. The molecule has 0 aliphatic carbocycles. The fraction of sp³-hybridized carbons (Fsp3) is 0.200. The molecule has 6 nitrogen and oxygen atoms in total. The van der Waals surface area contributed by atoms with Gasteiger partial charge in [0, 0.05) is 6.92 Å². The van der Waals surface area contributed by atoms with E-state index in [0.717, 1.165) is 12.1 Å². The van der Waals surface area contributed by atoms with Crippen molar-refractivity contribution in [3.8, 4) is 0 Å². The number of nitrogens with one attached hydrogen (secondary N) is 1. The Labute approximate surface area is 115 Å². The smallest absolute Gasteiger partial charge is 0.408 e. The van der Waals surface area contributed by atoms with E-state index in [-0.39, 0.29) is 17.1 Å². The topological polar surface area (TPSA) is 80.9 Å². The number of halogens is 4. The van der Waals surface area contributed by atoms with Crippen LogP contribution >= 0.6 is 11.6 Å². The van der Waals surface area contributed by atoms with Crippen molar-refractivity contribution < 1.29 is 22.4 Å². The second-order valence-corrected chi connectivity index (χ2v) is 4.00. The van der Waals surface area contributed by atoms with E-state index >= 15 is 0 Å². The molecule has 2 heterocycles. The van der Waals surface area contributed by atoms with Gasteiger partial charge in [-0.2, -0.15) is 13.2 Å². The molecule has 0 unspecified atom stereocenters. The highest BCUT2D eigenvalue weighted by molar-refractivity contribution is 6.29. The van der Waals surface area contributed by atoms with Crippen molar-refractivity contribution in [2.75, 3.05) is 5.32 Å². The SMILES string of the molecule is Cc1nnc(NC(=O)c2ccc(Cl)nc2C(F)(F)F)o1. The van der Waals surface area contributed by atoms with Crippen molar-refractivity contribution in [3.05, 3.63) is 34.4 Å². The Morgan fingerprint density at radius 3 is 2.60 bits per heavy atom. The zero-order chi connectivity index (χ0) is 14.9. The van der Waals surface area contributed by atoms with Gasteiger partial charge in [-0.15, -0.1) is 5.10 Å². The van der Waals surface area contributed by atoms with Crippen LogP contribution in [0.5, 0.6) is 0 Å². The Balaban J connectivity index is 2.34. The number of rotatable bonds is 2. The molecule has 0 radical (unpaired) electrons. The summed E-state index contributed by atoms with van der Waals surface area (Å²) in [7, 11) is 0. The van der Waals surface area contributed by atoms with Crippen LogP contribution in [0.2, 0.25) is 5.15 Å². The maximum atomic E-state index is 12.8. The first-order valence-electron chi connectivity index (χ1n) is 5.12. The third kappa shape index (κ3) is 3.05. The third-order valence-electron chi connectivity index (χ3n) is 2.12. The van der Waals surface area contributed by atoms with Gasteiger partial charge >= 0.3 is 12.2 Å². The van der Waals surface area contributed by atoms with E-state index in [2.05, 4.69) is 15.2 Å². The van der Waals surface area contributed by atoms with Gasteiger partial charge in [-0.3, -0.25) is 10.1 Å². The summed E-state index contributed by atoms with van der Waals surface area (Å²) in [5, 5.41) is 8.55. The normalized spacial score (nSPS) is 11.4. The van der Waals surface area contributed by atoms with Crippen molar-refractivity contribution in [1.29, 1.82) is 0 Å². The van der Waals surface area contributed by atoms with Crippen LogP contribution in [0.3, 0.4) is 0 Å². The molecule has 10 heteroatoms. The van der Waals surface area contributed by atoms with Crippen LogP contribution < -0.4 is 5.32 Å². The zero-order valence-electron chi connectivity index (χ0n) is 9.82. The number of anilines is 1. The second-order valence-electron chi connectivity index (χ2n) is 3.61. The third-order valence-corrected chi connectivity index (χ3v) is 2.33. The Bertz CT molecular complexity index is 656. The van der Waals surface area contributed by atoms with Gasteiger partial charge in [0.15, 0.2) is 5.69 Å². The number of amides is 1. The minimum absolute atomic E-state index is 0.158. The number of hydrogen-bond donors (Lipinski definition) is 1. The summed E-state index contributed by atoms with van der Waals surface area (Å²) in [6.07, 6.45) is -4.82. The van der Waals surface area contributed by atoms with Crippen LogP contribution in [0.4, 0.5) is 19.2 Å². The first kappa shape index (κ1) is 14.3. The first-order chi connectivity index (χ1) is 9.27. The molecule has 0 bridgehead atoms. The van der Waals surface area contributed by atoms with Crippen LogP contribution in [0, 0.1) is 6.92 Å². The molecule has 20 heavy (non-hydrogen) atoms. The first-order valence-corrected chi connectivity index (χ1v) is 5.50. The lowest BCUT2D eigenvalue weighted by Gasteiger charge is -2.10. The maximum absolute atomic E-state index is 12.8. The average Bonchev–Trinajstić information content (AvgIpc) is 2.73. The quantitative estimate of drug-likeness (QED) is 0.863. The molecule has 0 fully saturated rings. The minimum Gasteiger partial charge on any atom is -0.408 e. The molecule has 0 aliphatic rings. The number of pyridine rings is 1. The Hall–Kier alpha value is -2.16. The lowest BCUT2D eigenvalue weighted by atomic mass is 10.1. The Morgan fingerprint density at radius 1 is 1.35 bits per heavy atom. The summed E-state index contributed by atoms with van der Waals surface area (Å²) >= 11 is 5.41. The molecule has 0 aliphatic heterocycles. The van der Waals surface area contributed by atoms with Crippen LogP contribution in [-0.4, -0.2) is 21.1 Å². The number of carbonyl (C=O) groups is 1. The van der Waals surface area contributed by atoms with Gasteiger partial charge in [0.05, 0.1) is 5.56 Å². The molecule has 2 aromatic rings. The number of carbonyl (C=O) groups excluding carboxylic acids is 1. The number of hydrogen-bond acceptors (Lipinski definition) is 5. The fourth-order valence-corrected chi connectivity index (χ4v) is 1.49. The van der Waals surface area contributed by atoms with Crippen molar-refractivity contribution in [2.24, 2.45) is 0 Å². The van der Waals surface area contributed by atoms with E-state index in [1.165, 1.54) is 6.92 Å². The number of aryl methyl sites for hydroxylation is 1. The highest BCUT2D eigenvalue weighted by atomic mass is 35.5. The second kappa shape index (κ2) is 5.08. The standard InChI is InChI=1S/C10H6ClF3N4O2/c1-4-17-18-9(20-4)16-8(19)5-2-3-6(11)15-7(5)10(12,13)14/h2-3H,1H3,(H,16,18,19). The molecular formula is C10H6ClF3N4O2. The van der Waals surface area contributed by atoms with E-state index in [4.69, 9.17) is 16.0 Å². The lowest BCUT2D eigenvalue weighted by Crippen LogP contribution is -2.20. The highest BCUT2D eigenvalue weighted by Crippen LogP contribution is 2.31. The van der Waals surface area contributed by atoms with E-state index in [1.807, 2.05) is 5.32 Å². The monoisotopic (exact) mass is 306 g/mol. The molecule has 106 valence electrons. The van der Waals surface area contributed by atoms with Crippen molar-refractivity contribution in [1.82, 2.24) is 15.2 Å². The molecule has 0 spiro atoms. The van der Waals surface area contributed by atoms with Crippen molar-refractivity contribution >= 4 is 23.5 Å². The van der Waals surface area contributed by atoms with Crippen LogP contribution in [0.15, 0.2) is 16.5 Å². The van der Waals surface area contributed by atoms with E-state index in [0.29, 0.717) is 0 Å². The van der Waals surface area contributed by atoms with Crippen LogP contribution in [-0.2, 0) is 6.18 Å². The highest BCUT2D eigenvalue weighted by Gasteiger charge is 2.37. The molecule has 1 amide bonds. The van der Waals surface area contributed by atoms with Crippen molar-refractivity contribution in [2.45, 2.75) is 13.1 Å². The van der Waals surface area contributed by atoms with Gasteiger partial charge in [0.1, 0.15) is 5.15 Å². The molecule has 1 N–H and O–H groups in total. The zero-order valence-corrected chi connectivity index (χ0v) is 10.6. The van der Waals surface area contributed by atoms with Gasteiger partial charge in [-0.25, -0.2) is 4.98 Å². The van der Waals surface area contributed by atoms with E-state index in [1.54, 1.807) is 0 Å². The fourth-order valence-electron chi connectivity index (χ4n) is 1.35. The van der Waals surface area contributed by atoms with Gasteiger partial charge in [-0.1, -0.05) is 16.7 Å². The predicted molar refractivity (Wildman–Crippen MR) is 61.2 cm³/mol. The molecule has 0 atom stereocenters. The summed E-state index contributed by atoms with van der Waals surface area (Å²) in [6, 6.07) is 1.68. The molecule has 2 rings (SSSR count). The molecular weight excluding hydrogens is 301 g/mol. The van der Waals surface area contributed by atoms with Gasteiger partial charge in [-0.05, 0) is 12.1 Å². The predicted octanol–water partition coefficient (Wildman–Crippen LogP) is 2.70. The summed E-state index contributed by atoms with van der Waals surface area (Å²) in [5.41, 5.74) is -2.09. The number of nitrogens with zero attached hydrogens (tertiary/aromatic N) is 3. The van der Waals surface area contributed by atoms with Crippen LogP contribution in [0.25, 0.3) is 0 Å².